The molecule has 1 aromatic rings. The normalized spacial score (nSPS) is 23.4. The number of anilines is 2. The maximum absolute atomic E-state index is 11.7. The second kappa shape index (κ2) is 2.97. The Morgan fingerprint density at radius 3 is 3.20 bits per heavy atom. The minimum absolute atomic E-state index is 0.0850. The van der Waals surface area contributed by atoms with Gasteiger partial charge in [-0.05, 0) is 12.5 Å². The second-order valence-electron chi connectivity index (χ2n) is 3.95. The fraction of sp³-hybridized carbons (Fsp3) is 0.364. The van der Waals surface area contributed by atoms with Crippen molar-refractivity contribution in [2.45, 2.75) is 12.5 Å². The van der Waals surface area contributed by atoms with Gasteiger partial charge in [-0.3, -0.25) is 4.79 Å². The van der Waals surface area contributed by atoms with Crippen molar-refractivity contribution in [3.05, 3.63) is 23.8 Å². The molecule has 0 spiro atoms. The number of carbonyl (C=O) groups excluding carboxylic acids is 1. The summed E-state index contributed by atoms with van der Waals surface area (Å²) in [6.45, 7) is 0.970. The Labute approximate surface area is 87.5 Å². The first kappa shape index (κ1) is 8.73. The summed E-state index contributed by atoms with van der Waals surface area (Å²) in [5, 5.41) is 12.9. The van der Waals surface area contributed by atoms with E-state index in [-0.39, 0.29) is 5.91 Å². The van der Waals surface area contributed by atoms with Crippen molar-refractivity contribution in [2.24, 2.45) is 0 Å². The van der Waals surface area contributed by atoms with Crippen molar-refractivity contribution >= 4 is 17.3 Å². The van der Waals surface area contributed by atoms with Gasteiger partial charge in [-0.2, -0.15) is 0 Å². The van der Waals surface area contributed by atoms with E-state index in [1.807, 2.05) is 18.2 Å². The van der Waals surface area contributed by atoms with E-state index in [2.05, 4.69) is 5.32 Å². The van der Waals surface area contributed by atoms with Crippen LogP contribution in [-0.2, 0) is 4.79 Å². The molecule has 2 N–H and O–H groups in total. The molecule has 0 bridgehead atoms. The minimum atomic E-state index is -0.441. The SMILES string of the molecule is O=C1CNc2cccc3c2N1CCC3O. The van der Waals surface area contributed by atoms with E-state index >= 15 is 0 Å². The first-order valence-electron chi connectivity index (χ1n) is 5.12. The van der Waals surface area contributed by atoms with Crippen LogP contribution in [0.1, 0.15) is 18.1 Å². The number of nitrogens with one attached hydrogen (secondary N) is 1. The fourth-order valence-corrected chi connectivity index (χ4v) is 2.31. The van der Waals surface area contributed by atoms with Crippen LogP contribution in [0.25, 0.3) is 0 Å². The number of aliphatic hydroxyl groups is 1. The molecule has 1 atom stereocenters. The number of hydrogen-bond acceptors (Lipinski definition) is 3. The molecule has 2 heterocycles. The highest BCUT2D eigenvalue weighted by atomic mass is 16.3. The molecule has 0 aromatic heterocycles. The van der Waals surface area contributed by atoms with Gasteiger partial charge in [-0.25, -0.2) is 0 Å². The lowest BCUT2D eigenvalue weighted by molar-refractivity contribution is -0.117. The summed E-state index contributed by atoms with van der Waals surface area (Å²) in [6, 6.07) is 5.73. The molecule has 1 unspecified atom stereocenters. The van der Waals surface area contributed by atoms with Crippen LogP contribution in [0.5, 0.6) is 0 Å². The van der Waals surface area contributed by atoms with Crippen LogP contribution in [0.3, 0.4) is 0 Å². The lowest BCUT2D eigenvalue weighted by atomic mass is 9.96. The Bertz CT molecular complexity index is 431. The number of aliphatic hydroxyl groups excluding tert-OH is 1. The van der Waals surface area contributed by atoms with Crippen LogP contribution in [-0.4, -0.2) is 24.1 Å². The minimum Gasteiger partial charge on any atom is -0.388 e. The molecule has 2 aliphatic heterocycles. The average molecular weight is 204 g/mol. The third-order valence-electron chi connectivity index (χ3n) is 3.05. The lowest BCUT2D eigenvalue weighted by Gasteiger charge is -2.37. The number of nitrogens with zero attached hydrogens (tertiary/aromatic N) is 1. The van der Waals surface area contributed by atoms with Crippen LogP contribution in [0.4, 0.5) is 11.4 Å². The highest BCUT2D eigenvalue weighted by Gasteiger charge is 2.32. The summed E-state index contributed by atoms with van der Waals surface area (Å²) in [6.07, 6.45) is 0.186. The third kappa shape index (κ3) is 1.15. The molecular formula is C11H12N2O2. The van der Waals surface area contributed by atoms with Gasteiger partial charge in [0, 0.05) is 12.1 Å². The maximum atomic E-state index is 11.7. The van der Waals surface area contributed by atoms with E-state index in [0.29, 0.717) is 19.5 Å². The molecule has 0 fully saturated rings. The Kier molecular flexibility index (Phi) is 1.73. The highest BCUT2D eigenvalue weighted by Crippen LogP contribution is 2.40. The van der Waals surface area contributed by atoms with Crippen molar-refractivity contribution in [2.75, 3.05) is 23.3 Å². The van der Waals surface area contributed by atoms with Crippen LogP contribution in [0.2, 0.25) is 0 Å². The molecule has 2 aliphatic rings. The predicted molar refractivity (Wildman–Crippen MR) is 56.9 cm³/mol. The van der Waals surface area contributed by atoms with Crippen LogP contribution >= 0.6 is 0 Å². The molecule has 78 valence electrons. The summed E-state index contributed by atoms with van der Waals surface area (Å²) < 4.78 is 0. The number of rotatable bonds is 0. The first-order valence-corrected chi connectivity index (χ1v) is 5.12. The predicted octanol–water partition coefficient (Wildman–Crippen LogP) is 0.882. The second-order valence-corrected chi connectivity index (χ2v) is 3.95. The van der Waals surface area contributed by atoms with Crippen molar-refractivity contribution < 1.29 is 9.90 Å². The molecular weight excluding hydrogens is 192 g/mol. The number of benzene rings is 1. The molecule has 4 nitrogen and oxygen atoms in total. The molecule has 1 aromatic carbocycles. The van der Waals surface area contributed by atoms with Gasteiger partial charge in [0.2, 0.25) is 5.91 Å². The lowest BCUT2D eigenvalue weighted by Crippen LogP contribution is -2.43. The topological polar surface area (TPSA) is 52.6 Å². The van der Waals surface area contributed by atoms with Crippen molar-refractivity contribution in [3.63, 3.8) is 0 Å². The summed E-state index contributed by atoms with van der Waals surface area (Å²) in [5.74, 6) is 0.0850. The Morgan fingerprint density at radius 1 is 1.47 bits per heavy atom. The zero-order valence-electron chi connectivity index (χ0n) is 8.23. The van der Waals surface area contributed by atoms with Gasteiger partial charge >= 0.3 is 0 Å². The third-order valence-corrected chi connectivity index (χ3v) is 3.05. The van der Waals surface area contributed by atoms with E-state index in [4.69, 9.17) is 0 Å². The van der Waals surface area contributed by atoms with Gasteiger partial charge < -0.3 is 15.3 Å². The van der Waals surface area contributed by atoms with Gasteiger partial charge in [0.05, 0.1) is 24.0 Å². The van der Waals surface area contributed by atoms with Gasteiger partial charge in [0.1, 0.15) is 0 Å². The van der Waals surface area contributed by atoms with E-state index < -0.39 is 6.10 Å². The monoisotopic (exact) mass is 204 g/mol. The van der Waals surface area contributed by atoms with Crippen molar-refractivity contribution in [1.82, 2.24) is 0 Å². The van der Waals surface area contributed by atoms with Crippen LogP contribution < -0.4 is 10.2 Å². The zero-order chi connectivity index (χ0) is 10.4. The van der Waals surface area contributed by atoms with Gasteiger partial charge in [0.25, 0.3) is 0 Å². The maximum Gasteiger partial charge on any atom is 0.246 e. The van der Waals surface area contributed by atoms with Crippen LogP contribution in [0, 0.1) is 0 Å². The molecule has 0 aliphatic carbocycles. The van der Waals surface area contributed by atoms with Crippen LogP contribution in [0.15, 0.2) is 18.2 Å². The van der Waals surface area contributed by atoms with Gasteiger partial charge in [-0.15, -0.1) is 0 Å². The fourth-order valence-electron chi connectivity index (χ4n) is 2.31. The quantitative estimate of drug-likeness (QED) is 0.659. The van der Waals surface area contributed by atoms with Gasteiger partial charge in [-0.1, -0.05) is 12.1 Å². The Hall–Kier alpha value is -1.55. The average Bonchev–Trinajstić information content (AvgIpc) is 2.26. The van der Waals surface area contributed by atoms with Gasteiger partial charge in [0.15, 0.2) is 0 Å². The largest absolute Gasteiger partial charge is 0.388 e. The summed E-state index contributed by atoms with van der Waals surface area (Å²) in [5.41, 5.74) is 2.68. The van der Waals surface area contributed by atoms with E-state index in [0.717, 1.165) is 16.9 Å². The molecule has 1 amide bonds. The first-order chi connectivity index (χ1) is 7.27. The molecule has 0 saturated heterocycles. The number of hydrogen-bond donors (Lipinski definition) is 2. The Balaban J connectivity index is 2.22. The van der Waals surface area contributed by atoms with Crippen molar-refractivity contribution in [3.8, 4) is 0 Å². The summed E-state index contributed by atoms with van der Waals surface area (Å²) >= 11 is 0. The number of carbonyl (C=O) groups is 1. The Morgan fingerprint density at radius 2 is 2.33 bits per heavy atom. The summed E-state index contributed by atoms with van der Waals surface area (Å²) in [4.78, 5) is 13.4. The molecule has 0 saturated carbocycles. The molecule has 3 rings (SSSR count). The smallest absolute Gasteiger partial charge is 0.246 e. The molecule has 0 radical (unpaired) electrons. The zero-order valence-corrected chi connectivity index (χ0v) is 8.23. The number of amides is 1. The molecule has 15 heavy (non-hydrogen) atoms. The highest BCUT2D eigenvalue weighted by molar-refractivity contribution is 6.04. The van der Waals surface area contributed by atoms with E-state index in [1.54, 1.807) is 4.90 Å². The van der Waals surface area contributed by atoms with E-state index in [9.17, 15) is 9.90 Å². The van der Waals surface area contributed by atoms with E-state index in [1.165, 1.54) is 0 Å². The standard InChI is InChI=1S/C11H12N2O2/c14-9-4-5-13-10(15)6-12-8-3-1-2-7(9)11(8)13/h1-3,9,12,14H,4-6H2. The number of para-hydroxylation sites is 1. The summed E-state index contributed by atoms with van der Waals surface area (Å²) in [7, 11) is 0. The van der Waals surface area contributed by atoms with Crippen molar-refractivity contribution in [1.29, 1.82) is 0 Å². The molecule has 4 heteroatoms.